The first-order chi connectivity index (χ1) is 15.7. The van der Waals surface area contributed by atoms with Crippen molar-refractivity contribution in [3.63, 3.8) is 0 Å². The lowest BCUT2D eigenvalue weighted by Crippen LogP contribution is -2.38. The molecule has 4 rings (SSSR count). The van der Waals surface area contributed by atoms with Gasteiger partial charge < -0.3 is 10.2 Å². The number of carbonyl (C=O) groups excluding carboxylic acids is 2. The molecule has 33 heavy (non-hydrogen) atoms. The van der Waals surface area contributed by atoms with E-state index in [1.54, 1.807) is 24.3 Å². The Morgan fingerprint density at radius 1 is 1.00 bits per heavy atom. The molecule has 0 aromatic heterocycles. The van der Waals surface area contributed by atoms with Crippen LogP contribution in [0.1, 0.15) is 23.1 Å². The fraction of sp³-hybridized carbons (Fsp3) is 0.160. The van der Waals surface area contributed by atoms with Crippen molar-refractivity contribution < 1.29 is 22.8 Å². The van der Waals surface area contributed by atoms with Crippen LogP contribution < -0.4 is 10.2 Å². The number of anilines is 2. The number of amides is 2. The molecule has 3 aromatic carbocycles. The van der Waals surface area contributed by atoms with Crippen LogP contribution in [0.2, 0.25) is 0 Å². The molecule has 0 spiro atoms. The molecule has 1 N–H and O–H groups in total. The lowest BCUT2D eigenvalue weighted by Gasteiger charge is -2.22. The molecule has 0 unspecified atom stereocenters. The molecule has 0 bridgehead atoms. The second-order valence-electron chi connectivity index (χ2n) is 7.66. The molecule has 168 valence electrons. The number of para-hydroxylation sites is 3. The van der Waals surface area contributed by atoms with Crippen LogP contribution >= 0.6 is 0 Å². The highest BCUT2D eigenvalue weighted by atomic mass is 19.4. The van der Waals surface area contributed by atoms with Gasteiger partial charge in [-0.1, -0.05) is 54.1 Å². The van der Waals surface area contributed by atoms with Gasteiger partial charge in [0.1, 0.15) is 6.54 Å². The topological polar surface area (TPSA) is 61.8 Å². The van der Waals surface area contributed by atoms with Crippen molar-refractivity contribution in [1.82, 2.24) is 0 Å². The number of rotatable bonds is 4. The Morgan fingerprint density at radius 2 is 1.67 bits per heavy atom. The fourth-order valence-corrected chi connectivity index (χ4v) is 3.60. The molecular formula is C25H20F3N3O2. The highest BCUT2D eigenvalue weighted by Crippen LogP contribution is 2.35. The van der Waals surface area contributed by atoms with Crippen LogP contribution in [0.5, 0.6) is 0 Å². The first kappa shape index (κ1) is 22.3. The van der Waals surface area contributed by atoms with Crippen molar-refractivity contribution in [1.29, 1.82) is 0 Å². The smallest absolute Gasteiger partial charge is 0.324 e. The summed E-state index contributed by atoms with van der Waals surface area (Å²) in [6.07, 6.45) is -4.67. The van der Waals surface area contributed by atoms with Crippen LogP contribution in [0.3, 0.4) is 0 Å². The number of benzene rings is 3. The third kappa shape index (κ3) is 4.95. The van der Waals surface area contributed by atoms with Gasteiger partial charge in [-0.2, -0.15) is 13.2 Å². The Hall–Kier alpha value is -3.94. The number of fused-ring (bicyclic) bond motifs is 1. The van der Waals surface area contributed by atoms with Crippen LogP contribution in [0.4, 0.5) is 30.2 Å². The molecule has 2 amide bonds. The average Bonchev–Trinajstić information content (AvgIpc) is 2.90. The molecule has 0 saturated heterocycles. The van der Waals surface area contributed by atoms with E-state index in [0.717, 1.165) is 17.2 Å². The van der Waals surface area contributed by atoms with Gasteiger partial charge in [-0.05, 0) is 36.8 Å². The molecule has 1 heterocycles. The van der Waals surface area contributed by atoms with Gasteiger partial charge >= 0.3 is 6.18 Å². The predicted octanol–water partition coefficient (Wildman–Crippen LogP) is 5.51. The first-order valence-corrected chi connectivity index (χ1v) is 10.2. The maximum Gasteiger partial charge on any atom is 0.418 e. The van der Waals surface area contributed by atoms with Crippen LogP contribution in [0.15, 0.2) is 77.8 Å². The summed E-state index contributed by atoms with van der Waals surface area (Å²) in [4.78, 5) is 31.7. The first-order valence-electron chi connectivity index (χ1n) is 10.2. The lowest BCUT2D eigenvalue weighted by atomic mass is 10.1. The van der Waals surface area contributed by atoms with Gasteiger partial charge in [0.25, 0.3) is 0 Å². The van der Waals surface area contributed by atoms with Crippen molar-refractivity contribution >= 4 is 34.6 Å². The number of hydrogen-bond donors (Lipinski definition) is 1. The molecule has 0 radical (unpaired) electrons. The van der Waals surface area contributed by atoms with E-state index >= 15 is 0 Å². The minimum absolute atomic E-state index is 0.0514. The number of halogens is 3. The zero-order chi connectivity index (χ0) is 23.6. The van der Waals surface area contributed by atoms with Gasteiger partial charge in [-0.3, -0.25) is 14.6 Å². The Morgan fingerprint density at radius 3 is 2.39 bits per heavy atom. The van der Waals surface area contributed by atoms with Gasteiger partial charge in [0.2, 0.25) is 11.8 Å². The van der Waals surface area contributed by atoms with Crippen LogP contribution in [-0.4, -0.2) is 24.1 Å². The number of hydrogen-bond acceptors (Lipinski definition) is 3. The second kappa shape index (κ2) is 8.90. The second-order valence-corrected chi connectivity index (χ2v) is 7.66. The van der Waals surface area contributed by atoms with E-state index in [0.29, 0.717) is 17.1 Å². The summed E-state index contributed by atoms with van der Waals surface area (Å²) < 4.78 is 39.8. The van der Waals surface area contributed by atoms with Crippen LogP contribution in [0, 0.1) is 6.92 Å². The molecule has 0 atom stereocenters. The van der Waals surface area contributed by atoms with Crippen LogP contribution in [-0.2, 0) is 15.8 Å². The number of nitrogens with zero attached hydrogens (tertiary/aromatic N) is 2. The molecule has 0 saturated carbocycles. The number of aliphatic imine (C=N–C) groups is 1. The van der Waals surface area contributed by atoms with Crippen molar-refractivity contribution in [2.75, 3.05) is 16.8 Å². The lowest BCUT2D eigenvalue weighted by molar-refractivity contribution is -0.137. The zero-order valence-corrected chi connectivity index (χ0v) is 17.7. The van der Waals surface area contributed by atoms with E-state index in [1.807, 2.05) is 31.2 Å². The van der Waals surface area contributed by atoms with E-state index in [1.165, 1.54) is 23.1 Å². The summed E-state index contributed by atoms with van der Waals surface area (Å²) in [6.45, 7) is 1.51. The van der Waals surface area contributed by atoms with E-state index in [4.69, 9.17) is 0 Å². The maximum atomic E-state index is 13.3. The predicted molar refractivity (Wildman–Crippen MR) is 121 cm³/mol. The highest BCUT2D eigenvalue weighted by Gasteiger charge is 2.34. The minimum atomic E-state index is -4.62. The molecule has 1 aliphatic rings. The summed E-state index contributed by atoms with van der Waals surface area (Å²) in [5.74, 6) is -1.12. The summed E-state index contributed by atoms with van der Waals surface area (Å²) in [6, 6.07) is 19.2. The summed E-state index contributed by atoms with van der Waals surface area (Å²) in [7, 11) is 0. The minimum Gasteiger partial charge on any atom is -0.324 e. The Bertz CT molecular complexity index is 1230. The van der Waals surface area contributed by atoms with Crippen molar-refractivity contribution in [2.24, 2.45) is 4.99 Å². The summed E-state index contributed by atoms with van der Waals surface area (Å²) >= 11 is 0. The number of nitrogens with one attached hydrogen (secondary N) is 1. The summed E-state index contributed by atoms with van der Waals surface area (Å²) in [5.41, 5.74) is 2.02. The van der Waals surface area contributed by atoms with E-state index < -0.39 is 24.2 Å². The number of carbonyl (C=O) groups is 2. The van der Waals surface area contributed by atoms with Crippen molar-refractivity contribution in [2.45, 2.75) is 19.5 Å². The van der Waals surface area contributed by atoms with Gasteiger partial charge in [0, 0.05) is 0 Å². The molecule has 8 heteroatoms. The Labute approximate surface area is 188 Å². The average molecular weight is 451 g/mol. The third-order valence-electron chi connectivity index (χ3n) is 5.24. The van der Waals surface area contributed by atoms with E-state index in [9.17, 15) is 22.8 Å². The molecular weight excluding hydrogens is 431 g/mol. The Balaban J connectivity index is 1.61. The van der Waals surface area contributed by atoms with Crippen molar-refractivity contribution in [3.8, 4) is 0 Å². The van der Waals surface area contributed by atoms with E-state index in [2.05, 4.69) is 10.3 Å². The largest absolute Gasteiger partial charge is 0.418 e. The molecule has 0 aliphatic carbocycles. The monoisotopic (exact) mass is 451 g/mol. The zero-order valence-electron chi connectivity index (χ0n) is 17.7. The van der Waals surface area contributed by atoms with E-state index in [-0.39, 0.29) is 18.0 Å². The fourth-order valence-electron chi connectivity index (χ4n) is 3.60. The van der Waals surface area contributed by atoms with Gasteiger partial charge in [-0.25, -0.2) is 0 Å². The molecule has 5 nitrogen and oxygen atoms in total. The number of alkyl halides is 3. The highest BCUT2D eigenvalue weighted by molar-refractivity contribution is 6.19. The van der Waals surface area contributed by atoms with Crippen molar-refractivity contribution in [3.05, 3.63) is 89.5 Å². The molecule has 3 aromatic rings. The number of aryl methyl sites for hydroxylation is 1. The van der Waals surface area contributed by atoms with Gasteiger partial charge in [0.15, 0.2) is 0 Å². The maximum absolute atomic E-state index is 13.3. The molecule has 1 aliphatic heterocycles. The Kier molecular flexibility index (Phi) is 6.00. The SMILES string of the molecule is Cc1ccc(C2=Nc3ccccc3N(CC(=O)Nc3ccccc3C(F)(F)F)C(=O)C2)cc1. The standard InChI is InChI=1S/C25H20F3N3O2/c1-16-10-12-17(13-11-16)21-14-24(33)31(22-9-5-4-8-20(22)29-21)15-23(32)30-19-7-3-2-6-18(19)25(26,27)28/h2-13H,14-15H2,1H3,(H,30,32). The van der Waals surface area contributed by atoms with Crippen LogP contribution in [0.25, 0.3) is 0 Å². The normalized spacial score (nSPS) is 13.8. The third-order valence-corrected chi connectivity index (χ3v) is 5.24. The van der Waals surface area contributed by atoms with Gasteiger partial charge in [0.05, 0.1) is 34.8 Å². The van der Waals surface area contributed by atoms with Gasteiger partial charge in [-0.15, -0.1) is 0 Å². The molecule has 0 fully saturated rings. The quantitative estimate of drug-likeness (QED) is 0.569. The summed E-state index contributed by atoms with van der Waals surface area (Å²) in [5, 5.41) is 2.30.